The summed E-state index contributed by atoms with van der Waals surface area (Å²) in [6.07, 6.45) is 0. The number of rotatable bonds is 5. The van der Waals surface area contributed by atoms with Crippen LogP contribution in [0, 0.1) is 0 Å². The van der Waals surface area contributed by atoms with Gasteiger partial charge in [0.15, 0.2) is 0 Å². The summed E-state index contributed by atoms with van der Waals surface area (Å²) in [5.41, 5.74) is 16.7. The summed E-state index contributed by atoms with van der Waals surface area (Å²) < 4.78 is 16.2. The van der Waals surface area contributed by atoms with Gasteiger partial charge < -0.3 is 18.1 Å². The molecule has 15 aromatic rings. The monoisotopic (exact) mass is 854 g/mol. The van der Waals surface area contributed by atoms with E-state index in [9.17, 15) is 0 Å². The maximum atomic E-state index is 6.72. The van der Waals surface area contributed by atoms with Crippen molar-refractivity contribution in [1.29, 1.82) is 0 Å². The minimum Gasteiger partial charge on any atom is -0.439 e. The van der Waals surface area contributed by atoms with Gasteiger partial charge in [0.25, 0.3) is 0 Å². The lowest BCUT2D eigenvalue weighted by molar-refractivity contribution is 0.645. The van der Waals surface area contributed by atoms with E-state index >= 15 is 0 Å². The Hall–Kier alpha value is -9.06. The second-order valence-electron chi connectivity index (χ2n) is 17.7. The van der Waals surface area contributed by atoms with E-state index in [1.54, 1.807) is 0 Å². The van der Waals surface area contributed by atoms with Gasteiger partial charge in [-0.1, -0.05) is 127 Å². The zero-order valence-electron chi connectivity index (χ0n) is 36.1. The molecule has 0 radical (unpaired) electrons. The van der Waals surface area contributed by atoms with E-state index in [0.717, 1.165) is 72.5 Å². The molecule has 15 rings (SSSR count). The molecular weight excluding hydrogens is 817 g/mol. The quantitative estimate of drug-likeness (QED) is 0.170. The first-order valence-corrected chi connectivity index (χ1v) is 22.9. The summed E-state index contributed by atoms with van der Waals surface area (Å²) in [6.45, 7) is 0. The fourth-order valence-electron chi connectivity index (χ4n) is 11.3. The van der Waals surface area contributed by atoms with E-state index < -0.39 is 0 Å². The molecule has 5 heterocycles. The standard InChI is InChI=1S/C62H38N4O/c1-2-16-41(17-3-1)66-57-28-13-8-23-49(57)61-52-36-40(29-34-60(52)67-62(61)66)39-15-14-18-42(35-39)63-58-32-30-43(64-53-24-9-4-19-45(53)46-20-5-10-25-54(46)64)37-50(58)51-38-44(31-33-59(51)63)65-55-26-11-6-21-47(55)48-22-7-12-27-56(48)65/h1-38H. The smallest absolute Gasteiger partial charge is 0.213 e. The lowest BCUT2D eigenvalue weighted by Gasteiger charge is -2.12. The van der Waals surface area contributed by atoms with Gasteiger partial charge in [-0.15, -0.1) is 0 Å². The normalized spacial score (nSPS) is 12.2. The van der Waals surface area contributed by atoms with Crippen LogP contribution < -0.4 is 0 Å². The first kappa shape index (κ1) is 36.3. The molecular formula is C62H38N4O. The molecule has 10 aromatic carbocycles. The summed E-state index contributed by atoms with van der Waals surface area (Å²) in [4.78, 5) is 0. The summed E-state index contributed by atoms with van der Waals surface area (Å²) in [7, 11) is 0. The number of nitrogens with zero attached hydrogens (tertiary/aromatic N) is 4. The summed E-state index contributed by atoms with van der Waals surface area (Å²) >= 11 is 0. The van der Waals surface area contributed by atoms with Crippen molar-refractivity contribution in [2.24, 2.45) is 0 Å². The average Bonchev–Trinajstić information content (AvgIpc) is 4.18. The fourth-order valence-corrected chi connectivity index (χ4v) is 11.3. The Labute approximate surface area is 383 Å². The summed E-state index contributed by atoms with van der Waals surface area (Å²) in [6, 6.07) is 83.8. The lowest BCUT2D eigenvalue weighted by Crippen LogP contribution is -1.96. The highest BCUT2D eigenvalue weighted by Gasteiger charge is 2.22. The van der Waals surface area contributed by atoms with E-state index in [1.165, 1.54) is 59.8 Å². The van der Waals surface area contributed by atoms with E-state index in [0.29, 0.717) is 0 Å². The highest BCUT2D eigenvalue weighted by Crippen LogP contribution is 2.43. The molecule has 0 aliphatic carbocycles. The fraction of sp³-hybridized carbons (Fsp3) is 0. The highest BCUT2D eigenvalue weighted by molar-refractivity contribution is 6.21. The Kier molecular flexibility index (Phi) is 7.44. The third-order valence-corrected chi connectivity index (χ3v) is 14.1. The van der Waals surface area contributed by atoms with Crippen LogP contribution >= 0.6 is 0 Å². The van der Waals surface area contributed by atoms with Crippen LogP contribution in [0.3, 0.4) is 0 Å². The minimum absolute atomic E-state index is 0.860. The Morgan fingerprint density at radius 2 is 0.657 bits per heavy atom. The van der Waals surface area contributed by atoms with Gasteiger partial charge in [-0.3, -0.25) is 4.57 Å². The Balaban J connectivity index is 0.953. The van der Waals surface area contributed by atoms with Crippen molar-refractivity contribution in [2.75, 3.05) is 0 Å². The van der Waals surface area contributed by atoms with Crippen LogP contribution in [0.1, 0.15) is 0 Å². The first-order valence-electron chi connectivity index (χ1n) is 22.9. The predicted molar refractivity (Wildman–Crippen MR) is 279 cm³/mol. The molecule has 0 unspecified atom stereocenters. The number of hydrogen-bond acceptors (Lipinski definition) is 1. The molecule has 0 saturated heterocycles. The Morgan fingerprint density at radius 1 is 0.239 bits per heavy atom. The van der Waals surface area contributed by atoms with Crippen LogP contribution in [0.4, 0.5) is 0 Å². The van der Waals surface area contributed by atoms with Crippen LogP contribution in [0.5, 0.6) is 0 Å². The topological polar surface area (TPSA) is 32.9 Å². The molecule has 0 atom stereocenters. The van der Waals surface area contributed by atoms with Crippen LogP contribution in [0.15, 0.2) is 235 Å². The van der Waals surface area contributed by atoms with Crippen LogP contribution in [0.25, 0.3) is 132 Å². The summed E-state index contributed by atoms with van der Waals surface area (Å²) in [5.74, 6) is 0. The van der Waals surface area contributed by atoms with Gasteiger partial charge in [0, 0.05) is 65.8 Å². The Morgan fingerprint density at radius 3 is 1.19 bits per heavy atom. The van der Waals surface area contributed by atoms with Gasteiger partial charge >= 0.3 is 0 Å². The van der Waals surface area contributed by atoms with Crippen LogP contribution in [0.2, 0.25) is 0 Å². The van der Waals surface area contributed by atoms with E-state index in [2.05, 4.69) is 249 Å². The Bertz CT molecular complexity index is 4240. The van der Waals surface area contributed by atoms with Crippen molar-refractivity contribution in [3.63, 3.8) is 0 Å². The van der Waals surface area contributed by atoms with Gasteiger partial charge in [-0.05, 0) is 114 Å². The molecule has 0 bridgehead atoms. The maximum absolute atomic E-state index is 6.72. The highest BCUT2D eigenvalue weighted by atomic mass is 16.3. The molecule has 0 N–H and O–H groups in total. The molecule has 0 amide bonds. The van der Waals surface area contributed by atoms with Crippen molar-refractivity contribution in [3.05, 3.63) is 231 Å². The molecule has 5 aromatic heterocycles. The van der Waals surface area contributed by atoms with Gasteiger partial charge in [0.1, 0.15) is 5.58 Å². The molecule has 0 spiro atoms. The molecule has 0 aliphatic heterocycles. The van der Waals surface area contributed by atoms with Crippen molar-refractivity contribution < 1.29 is 4.42 Å². The SMILES string of the molecule is c1ccc(-n2c3ccccc3c3c4cc(-c5cccc(-n6c7ccc(-n8c9ccccc9c9ccccc98)cc7c7cc(-n8c9ccccc9c9ccccc98)ccc76)c5)ccc4oc32)cc1. The number of hydrogen-bond donors (Lipinski definition) is 0. The van der Waals surface area contributed by atoms with Crippen LogP contribution in [-0.2, 0) is 0 Å². The van der Waals surface area contributed by atoms with Crippen molar-refractivity contribution in [3.8, 4) is 33.9 Å². The van der Waals surface area contributed by atoms with Crippen LogP contribution in [-0.4, -0.2) is 18.3 Å². The molecule has 67 heavy (non-hydrogen) atoms. The second kappa shape index (κ2) is 13.7. The molecule has 5 nitrogen and oxygen atoms in total. The first-order chi connectivity index (χ1) is 33.2. The molecule has 0 fully saturated rings. The molecule has 5 heteroatoms. The number of benzene rings is 10. The maximum Gasteiger partial charge on any atom is 0.213 e. The van der Waals surface area contributed by atoms with Gasteiger partial charge in [0.05, 0.1) is 44.0 Å². The summed E-state index contributed by atoms with van der Waals surface area (Å²) in [5, 5.41) is 10.8. The van der Waals surface area contributed by atoms with E-state index in [-0.39, 0.29) is 0 Å². The number of furan rings is 1. The van der Waals surface area contributed by atoms with E-state index in [1.807, 2.05) is 0 Å². The van der Waals surface area contributed by atoms with Crippen molar-refractivity contribution >= 4 is 98.4 Å². The van der Waals surface area contributed by atoms with E-state index in [4.69, 9.17) is 4.42 Å². The van der Waals surface area contributed by atoms with Crippen molar-refractivity contribution in [1.82, 2.24) is 18.3 Å². The largest absolute Gasteiger partial charge is 0.439 e. The third-order valence-electron chi connectivity index (χ3n) is 14.1. The number of para-hydroxylation sites is 6. The van der Waals surface area contributed by atoms with Gasteiger partial charge in [0.2, 0.25) is 5.71 Å². The molecule has 0 aliphatic rings. The molecule has 312 valence electrons. The van der Waals surface area contributed by atoms with Crippen molar-refractivity contribution in [2.45, 2.75) is 0 Å². The zero-order chi connectivity index (χ0) is 43.7. The number of aromatic nitrogens is 4. The molecule has 0 saturated carbocycles. The zero-order valence-corrected chi connectivity index (χ0v) is 36.1. The third kappa shape index (κ3) is 5.14. The lowest BCUT2D eigenvalue weighted by atomic mass is 10.0. The minimum atomic E-state index is 0.860. The van der Waals surface area contributed by atoms with Gasteiger partial charge in [-0.2, -0.15) is 0 Å². The number of fused-ring (bicyclic) bond motifs is 14. The predicted octanol–water partition coefficient (Wildman–Crippen LogP) is 16.5. The van der Waals surface area contributed by atoms with Gasteiger partial charge in [-0.25, -0.2) is 0 Å². The second-order valence-corrected chi connectivity index (χ2v) is 17.7. The average molecular weight is 855 g/mol.